The van der Waals surface area contributed by atoms with Gasteiger partial charge in [0.15, 0.2) is 5.13 Å². The van der Waals surface area contributed by atoms with Gasteiger partial charge in [-0.25, -0.2) is 9.78 Å². The summed E-state index contributed by atoms with van der Waals surface area (Å²) in [4.78, 5) is 29.1. The van der Waals surface area contributed by atoms with Crippen molar-refractivity contribution >= 4 is 28.4 Å². The van der Waals surface area contributed by atoms with Crippen LogP contribution in [0.25, 0.3) is 0 Å². The maximum absolute atomic E-state index is 12.2. The highest BCUT2D eigenvalue weighted by Gasteiger charge is 2.28. The van der Waals surface area contributed by atoms with Crippen molar-refractivity contribution in [3.63, 3.8) is 0 Å². The van der Waals surface area contributed by atoms with Crippen molar-refractivity contribution in [2.24, 2.45) is 0 Å². The van der Waals surface area contributed by atoms with Crippen molar-refractivity contribution in [1.29, 1.82) is 0 Å². The number of hydrogen-bond acceptors (Lipinski definition) is 4. The smallest absolute Gasteiger partial charge is 0.315 e. The number of fused-ring (bicyclic) bond motifs is 1. The average molecular weight is 342 g/mol. The fraction of sp³-hybridized carbons (Fsp3) is 0.353. The number of benzene rings is 1. The number of aromatic nitrogens is 1. The van der Waals surface area contributed by atoms with Crippen LogP contribution >= 0.6 is 11.3 Å². The minimum atomic E-state index is -0.532. The summed E-state index contributed by atoms with van der Waals surface area (Å²) in [5.41, 5.74) is 2.46. The quantitative estimate of drug-likeness (QED) is 0.798. The van der Waals surface area contributed by atoms with E-state index in [1.165, 1.54) is 10.4 Å². The third-order valence-electron chi connectivity index (χ3n) is 4.53. The van der Waals surface area contributed by atoms with Crippen molar-refractivity contribution < 1.29 is 9.59 Å². The Morgan fingerprint density at radius 2 is 2.12 bits per heavy atom. The van der Waals surface area contributed by atoms with Gasteiger partial charge in [0.2, 0.25) is 0 Å². The Balaban J connectivity index is 1.45. The van der Waals surface area contributed by atoms with Crippen LogP contribution in [0, 0.1) is 0 Å². The molecule has 1 aliphatic carbocycles. The number of urea groups is 1. The first kappa shape index (κ1) is 15.1. The molecule has 2 heterocycles. The number of aryl methyl sites for hydroxylation is 1. The van der Waals surface area contributed by atoms with Gasteiger partial charge < -0.3 is 16.0 Å². The summed E-state index contributed by atoms with van der Waals surface area (Å²) in [6, 6.07) is 9.70. The van der Waals surface area contributed by atoms with Crippen molar-refractivity contribution in [2.75, 3.05) is 11.9 Å². The molecular formula is C17H18N4O2S. The number of nitrogens with one attached hydrogen (secondary N) is 3. The van der Waals surface area contributed by atoms with Gasteiger partial charge in [0, 0.05) is 11.4 Å². The standard InChI is InChI=1S/C17H18N4O2S/c22-15(13-9-18-16(23)19-13)21-17-20-12-7-6-11(8-14(12)24-17)10-4-2-1-3-5-10/h1-5,11,13H,6-9H2,(H2,18,19,23)(H,20,21,22)/t11-,13+/m1/s1. The first-order valence-electron chi connectivity index (χ1n) is 8.08. The molecular weight excluding hydrogens is 324 g/mol. The van der Waals surface area contributed by atoms with E-state index < -0.39 is 6.04 Å². The molecule has 1 aromatic heterocycles. The summed E-state index contributed by atoms with van der Waals surface area (Å²) in [5, 5.41) is 8.62. The number of amides is 3. The van der Waals surface area contributed by atoms with Gasteiger partial charge in [-0.05, 0) is 30.7 Å². The van der Waals surface area contributed by atoms with Crippen LogP contribution in [0.5, 0.6) is 0 Å². The Morgan fingerprint density at radius 1 is 1.29 bits per heavy atom. The molecule has 24 heavy (non-hydrogen) atoms. The Bertz CT molecular complexity index is 774. The number of anilines is 1. The van der Waals surface area contributed by atoms with Crippen molar-refractivity contribution in [1.82, 2.24) is 15.6 Å². The minimum Gasteiger partial charge on any atom is -0.336 e. The molecule has 1 aliphatic heterocycles. The maximum atomic E-state index is 12.2. The Morgan fingerprint density at radius 3 is 2.88 bits per heavy atom. The molecule has 0 unspecified atom stereocenters. The molecule has 0 spiro atoms. The molecule has 2 aromatic rings. The predicted octanol–water partition coefficient (Wildman–Crippen LogP) is 2.04. The van der Waals surface area contributed by atoms with Gasteiger partial charge in [0.25, 0.3) is 5.91 Å². The van der Waals surface area contributed by atoms with Crippen LogP contribution < -0.4 is 16.0 Å². The topological polar surface area (TPSA) is 83.1 Å². The number of carbonyl (C=O) groups excluding carboxylic acids is 2. The van der Waals surface area contributed by atoms with E-state index in [9.17, 15) is 9.59 Å². The molecule has 2 atom stereocenters. The summed E-state index contributed by atoms with van der Waals surface area (Å²) >= 11 is 1.55. The van der Waals surface area contributed by atoms with Gasteiger partial charge in [0.1, 0.15) is 6.04 Å². The number of thiazole rings is 1. The summed E-state index contributed by atoms with van der Waals surface area (Å²) in [7, 11) is 0. The first-order chi connectivity index (χ1) is 11.7. The maximum Gasteiger partial charge on any atom is 0.315 e. The first-order valence-corrected chi connectivity index (χ1v) is 8.89. The molecule has 3 amide bonds. The van der Waals surface area contributed by atoms with Gasteiger partial charge >= 0.3 is 6.03 Å². The van der Waals surface area contributed by atoms with E-state index in [2.05, 4.69) is 45.2 Å². The predicted molar refractivity (Wildman–Crippen MR) is 92.3 cm³/mol. The second-order valence-corrected chi connectivity index (χ2v) is 7.22. The van der Waals surface area contributed by atoms with Gasteiger partial charge in [0.05, 0.1) is 5.69 Å². The molecule has 4 rings (SSSR count). The number of carbonyl (C=O) groups is 2. The highest BCUT2D eigenvalue weighted by molar-refractivity contribution is 7.15. The Labute approximate surface area is 143 Å². The molecule has 1 saturated heterocycles. The SMILES string of the molecule is O=C1NC[C@@H](C(=O)Nc2nc3c(s2)C[C@H](c2ccccc2)CC3)N1. The fourth-order valence-electron chi connectivity index (χ4n) is 3.24. The third kappa shape index (κ3) is 2.99. The van der Waals surface area contributed by atoms with E-state index in [4.69, 9.17) is 0 Å². The van der Waals surface area contributed by atoms with E-state index in [0.717, 1.165) is 25.0 Å². The summed E-state index contributed by atoms with van der Waals surface area (Å²) in [6.45, 7) is 0.311. The molecule has 0 saturated carbocycles. The van der Waals surface area contributed by atoms with E-state index in [1.807, 2.05) is 6.07 Å². The number of rotatable bonds is 3. The third-order valence-corrected chi connectivity index (χ3v) is 5.56. The van der Waals surface area contributed by atoms with Gasteiger partial charge in [-0.2, -0.15) is 0 Å². The molecule has 1 aromatic carbocycles. The van der Waals surface area contributed by atoms with Crippen LogP contribution in [-0.4, -0.2) is 29.5 Å². The van der Waals surface area contributed by atoms with Crippen molar-refractivity contribution in [3.8, 4) is 0 Å². The normalized spacial score (nSPS) is 22.4. The average Bonchev–Trinajstić information content (AvgIpc) is 3.20. The largest absolute Gasteiger partial charge is 0.336 e. The lowest BCUT2D eigenvalue weighted by Crippen LogP contribution is -2.38. The van der Waals surface area contributed by atoms with Crippen LogP contribution in [0.3, 0.4) is 0 Å². The lowest BCUT2D eigenvalue weighted by atomic mass is 9.85. The molecule has 2 aliphatic rings. The van der Waals surface area contributed by atoms with Crippen LogP contribution in [0.2, 0.25) is 0 Å². The molecule has 124 valence electrons. The van der Waals surface area contributed by atoms with Gasteiger partial charge in [-0.1, -0.05) is 30.3 Å². The van der Waals surface area contributed by atoms with Crippen LogP contribution in [-0.2, 0) is 17.6 Å². The molecule has 0 radical (unpaired) electrons. The zero-order chi connectivity index (χ0) is 16.5. The van der Waals surface area contributed by atoms with E-state index >= 15 is 0 Å². The van der Waals surface area contributed by atoms with Crippen LogP contribution in [0.4, 0.5) is 9.93 Å². The Kier molecular flexibility index (Phi) is 3.93. The fourth-order valence-corrected chi connectivity index (χ4v) is 4.33. The molecule has 7 heteroatoms. The molecule has 3 N–H and O–H groups in total. The Hall–Kier alpha value is -2.41. The second kappa shape index (κ2) is 6.24. The second-order valence-electron chi connectivity index (χ2n) is 6.14. The number of nitrogens with zero attached hydrogens (tertiary/aromatic N) is 1. The van der Waals surface area contributed by atoms with Crippen molar-refractivity contribution in [2.45, 2.75) is 31.2 Å². The van der Waals surface area contributed by atoms with Crippen molar-refractivity contribution in [3.05, 3.63) is 46.5 Å². The zero-order valence-electron chi connectivity index (χ0n) is 13.0. The highest BCUT2D eigenvalue weighted by Crippen LogP contribution is 2.36. The van der Waals surface area contributed by atoms with E-state index in [0.29, 0.717) is 17.6 Å². The molecule has 0 bridgehead atoms. The monoisotopic (exact) mass is 342 g/mol. The summed E-state index contributed by atoms with van der Waals surface area (Å²) in [5.74, 6) is 0.292. The highest BCUT2D eigenvalue weighted by atomic mass is 32.1. The van der Waals surface area contributed by atoms with Gasteiger partial charge in [-0.15, -0.1) is 11.3 Å². The zero-order valence-corrected chi connectivity index (χ0v) is 13.9. The number of hydrogen-bond donors (Lipinski definition) is 3. The van der Waals surface area contributed by atoms with Crippen LogP contribution in [0.1, 0.15) is 28.5 Å². The lowest BCUT2D eigenvalue weighted by Gasteiger charge is -2.21. The van der Waals surface area contributed by atoms with Crippen LogP contribution in [0.15, 0.2) is 30.3 Å². The summed E-state index contributed by atoms with van der Waals surface area (Å²) in [6.07, 6.45) is 2.98. The van der Waals surface area contributed by atoms with Gasteiger partial charge in [-0.3, -0.25) is 4.79 Å². The molecule has 6 nitrogen and oxygen atoms in total. The minimum absolute atomic E-state index is 0.223. The van der Waals surface area contributed by atoms with E-state index in [1.54, 1.807) is 11.3 Å². The molecule has 1 fully saturated rings. The van der Waals surface area contributed by atoms with E-state index in [-0.39, 0.29) is 11.9 Å². The summed E-state index contributed by atoms with van der Waals surface area (Å²) < 4.78 is 0. The lowest BCUT2D eigenvalue weighted by molar-refractivity contribution is -0.117.